The van der Waals surface area contributed by atoms with E-state index in [2.05, 4.69) is 10.5 Å². The lowest BCUT2D eigenvalue weighted by Crippen LogP contribution is -2.20. The Balaban J connectivity index is 1.83. The molecule has 0 aliphatic rings. The van der Waals surface area contributed by atoms with Crippen LogP contribution in [0.5, 0.6) is 0 Å². The Hall–Kier alpha value is -2.92. The molecule has 0 aliphatic heterocycles. The van der Waals surface area contributed by atoms with Gasteiger partial charge in [0, 0.05) is 22.1 Å². The number of amides is 1. The Morgan fingerprint density at radius 3 is 2.33 bits per heavy atom. The monoisotopic (exact) mass is 383 g/mol. The summed E-state index contributed by atoms with van der Waals surface area (Å²) in [6, 6.07) is 15.2. The average Bonchev–Trinajstić information content (AvgIpc) is 2.95. The van der Waals surface area contributed by atoms with E-state index in [-0.39, 0.29) is 11.7 Å². The summed E-state index contributed by atoms with van der Waals surface area (Å²) in [7, 11) is 0. The molecule has 0 bridgehead atoms. The van der Waals surface area contributed by atoms with Gasteiger partial charge in [0.25, 0.3) is 5.91 Å². The van der Waals surface area contributed by atoms with Gasteiger partial charge in [-0.2, -0.15) is 5.10 Å². The fourth-order valence-corrected chi connectivity index (χ4v) is 3.06. The molecule has 4 nitrogen and oxygen atoms in total. The van der Waals surface area contributed by atoms with Crippen LogP contribution in [-0.2, 0) is 0 Å². The summed E-state index contributed by atoms with van der Waals surface area (Å²) in [4.78, 5) is 12.6. The van der Waals surface area contributed by atoms with Crippen molar-refractivity contribution < 1.29 is 9.18 Å². The van der Waals surface area contributed by atoms with Crippen LogP contribution in [0.1, 0.15) is 34.2 Å². The summed E-state index contributed by atoms with van der Waals surface area (Å²) in [5, 5.41) is 4.82. The van der Waals surface area contributed by atoms with E-state index in [1.165, 1.54) is 12.1 Å². The van der Waals surface area contributed by atoms with Crippen LogP contribution in [0.4, 0.5) is 4.39 Å². The summed E-state index contributed by atoms with van der Waals surface area (Å²) in [5.74, 6) is -0.601. The fraction of sp³-hybridized carbons (Fsp3) is 0.143. The molecule has 1 heterocycles. The van der Waals surface area contributed by atoms with Crippen LogP contribution in [-0.4, -0.2) is 16.2 Å². The first kappa shape index (κ1) is 18.9. The summed E-state index contributed by atoms with van der Waals surface area (Å²) in [6.07, 6.45) is 0. The topological polar surface area (TPSA) is 46.4 Å². The molecule has 0 spiro atoms. The van der Waals surface area contributed by atoms with Crippen LogP contribution < -0.4 is 5.43 Å². The van der Waals surface area contributed by atoms with Crippen molar-refractivity contribution in [3.63, 3.8) is 0 Å². The van der Waals surface area contributed by atoms with Gasteiger partial charge in [0.1, 0.15) is 5.82 Å². The van der Waals surface area contributed by atoms with E-state index >= 15 is 0 Å². The predicted octanol–water partition coefficient (Wildman–Crippen LogP) is 5.04. The number of hydrogen-bond donors (Lipinski definition) is 1. The normalized spacial score (nSPS) is 11.5. The number of nitrogens with zero attached hydrogens (tertiary/aromatic N) is 2. The minimum Gasteiger partial charge on any atom is -0.318 e. The lowest BCUT2D eigenvalue weighted by atomic mass is 10.1. The van der Waals surface area contributed by atoms with E-state index in [9.17, 15) is 9.18 Å². The highest BCUT2D eigenvalue weighted by atomic mass is 35.5. The van der Waals surface area contributed by atoms with E-state index in [0.717, 1.165) is 22.6 Å². The number of halogens is 2. The number of nitrogens with one attached hydrogen (secondary N) is 1. The number of benzene rings is 2. The molecule has 0 saturated heterocycles. The first-order valence-corrected chi connectivity index (χ1v) is 8.80. The van der Waals surface area contributed by atoms with Gasteiger partial charge in [-0.25, -0.2) is 9.82 Å². The Morgan fingerprint density at radius 2 is 1.70 bits per heavy atom. The second kappa shape index (κ2) is 7.76. The number of carbonyl (C=O) groups is 1. The number of rotatable bonds is 4. The quantitative estimate of drug-likeness (QED) is 0.498. The van der Waals surface area contributed by atoms with Crippen molar-refractivity contribution in [1.82, 2.24) is 9.99 Å². The highest BCUT2D eigenvalue weighted by Crippen LogP contribution is 2.21. The lowest BCUT2D eigenvalue weighted by molar-refractivity contribution is 0.0954. The van der Waals surface area contributed by atoms with E-state index in [1.54, 1.807) is 30.3 Å². The third kappa shape index (κ3) is 4.09. The van der Waals surface area contributed by atoms with Gasteiger partial charge in [-0.05, 0) is 68.8 Å². The molecular weight excluding hydrogens is 365 g/mol. The minimum atomic E-state index is -0.301. The molecule has 6 heteroatoms. The van der Waals surface area contributed by atoms with Crippen molar-refractivity contribution in [3.05, 3.63) is 88.0 Å². The molecule has 138 valence electrons. The fourth-order valence-electron chi connectivity index (χ4n) is 2.93. The molecule has 27 heavy (non-hydrogen) atoms. The number of carbonyl (C=O) groups excluding carboxylic acids is 1. The molecule has 1 amide bonds. The van der Waals surface area contributed by atoms with Crippen LogP contribution in [0.2, 0.25) is 5.02 Å². The van der Waals surface area contributed by atoms with E-state index in [1.807, 2.05) is 37.5 Å². The summed E-state index contributed by atoms with van der Waals surface area (Å²) in [6.45, 7) is 5.56. The largest absolute Gasteiger partial charge is 0.318 e. The lowest BCUT2D eigenvalue weighted by Gasteiger charge is -2.09. The van der Waals surface area contributed by atoms with Gasteiger partial charge in [0.05, 0.1) is 11.3 Å². The maximum absolute atomic E-state index is 13.2. The zero-order valence-corrected chi connectivity index (χ0v) is 16.0. The molecule has 3 aromatic rings. The van der Waals surface area contributed by atoms with Gasteiger partial charge in [-0.3, -0.25) is 4.79 Å². The predicted molar refractivity (Wildman–Crippen MR) is 106 cm³/mol. The number of aryl methyl sites for hydroxylation is 1. The molecule has 0 unspecified atom stereocenters. The second-order valence-corrected chi connectivity index (χ2v) is 6.68. The average molecular weight is 384 g/mol. The van der Waals surface area contributed by atoms with Crippen molar-refractivity contribution in [2.24, 2.45) is 5.10 Å². The number of aromatic nitrogens is 1. The highest BCUT2D eigenvalue weighted by molar-refractivity contribution is 6.30. The Kier molecular flexibility index (Phi) is 5.42. The van der Waals surface area contributed by atoms with Gasteiger partial charge in [0.2, 0.25) is 0 Å². The second-order valence-electron chi connectivity index (χ2n) is 6.24. The van der Waals surface area contributed by atoms with Gasteiger partial charge in [-0.15, -0.1) is 0 Å². The maximum Gasteiger partial charge on any atom is 0.273 e. The molecule has 3 rings (SSSR count). The van der Waals surface area contributed by atoms with Crippen LogP contribution >= 0.6 is 11.6 Å². The Morgan fingerprint density at radius 1 is 1.07 bits per heavy atom. The van der Waals surface area contributed by atoms with E-state index in [0.29, 0.717) is 16.3 Å². The van der Waals surface area contributed by atoms with Crippen molar-refractivity contribution in [2.45, 2.75) is 20.8 Å². The molecule has 0 radical (unpaired) electrons. The highest BCUT2D eigenvalue weighted by Gasteiger charge is 2.16. The molecule has 0 saturated carbocycles. The van der Waals surface area contributed by atoms with Gasteiger partial charge in [0.15, 0.2) is 0 Å². The van der Waals surface area contributed by atoms with Crippen LogP contribution in [0.3, 0.4) is 0 Å². The molecule has 0 fully saturated rings. The number of hydrazone groups is 1. The van der Waals surface area contributed by atoms with Crippen LogP contribution in [0.25, 0.3) is 5.69 Å². The van der Waals surface area contributed by atoms with Crippen molar-refractivity contribution in [1.29, 1.82) is 0 Å². The summed E-state index contributed by atoms with van der Waals surface area (Å²) in [5.41, 5.74) is 7.09. The van der Waals surface area contributed by atoms with E-state index in [4.69, 9.17) is 11.6 Å². The molecular formula is C21H19ClFN3O. The smallest absolute Gasteiger partial charge is 0.273 e. The van der Waals surface area contributed by atoms with Crippen molar-refractivity contribution in [3.8, 4) is 5.69 Å². The standard InChI is InChI=1S/C21H19ClFN3O/c1-13-12-20(15(3)26(13)19-10-8-18(23)9-11-19)21(27)25-24-14(2)16-4-6-17(22)7-5-16/h4-12H,1-3H3,(H,25,27)/b24-14-. The molecule has 0 aliphatic carbocycles. The third-order valence-corrected chi connectivity index (χ3v) is 4.60. The maximum atomic E-state index is 13.2. The first-order valence-electron chi connectivity index (χ1n) is 8.42. The molecule has 1 N–H and O–H groups in total. The van der Waals surface area contributed by atoms with Crippen LogP contribution in [0.15, 0.2) is 59.7 Å². The zero-order chi connectivity index (χ0) is 19.6. The van der Waals surface area contributed by atoms with Crippen LogP contribution in [0, 0.1) is 19.7 Å². The zero-order valence-electron chi connectivity index (χ0n) is 15.3. The van der Waals surface area contributed by atoms with E-state index < -0.39 is 0 Å². The SMILES string of the molecule is C/C(=N/NC(=O)c1cc(C)n(-c2ccc(F)cc2)c1C)c1ccc(Cl)cc1. The van der Waals surface area contributed by atoms with Crippen molar-refractivity contribution >= 4 is 23.2 Å². The number of hydrogen-bond acceptors (Lipinski definition) is 2. The van der Waals surface area contributed by atoms with Gasteiger partial charge >= 0.3 is 0 Å². The Bertz CT molecular complexity index is 1010. The summed E-state index contributed by atoms with van der Waals surface area (Å²) >= 11 is 5.88. The van der Waals surface area contributed by atoms with Crippen molar-refractivity contribution in [2.75, 3.05) is 0 Å². The third-order valence-electron chi connectivity index (χ3n) is 4.35. The first-order chi connectivity index (χ1) is 12.9. The minimum absolute atomic E-state index is 0.300. The Labute approximate surface area is 162 Å². The summed E-state index contributed by atoms with van der Waals surface area (Å²) < 4.78 is 15.1. The molecule has 2 aromatic carbocycles. The van der Waals surface area contributed by atoms with Gasteiger partial charge < -0.3 is 4.57 Å². The molecule has 0 atom stereocenters. The van der Waals surface area contributed by atoms with Gasteiger partial charge in [-0.1, -0.05) is 23.7 Å². The molecule has 1 aromatic heterocycles.